The highest BCUT2D eigenvalue weighted by atomic mass is 32.2. The van der Waals surface area contributed by atoms with Crippen LogP contribution in [0.4, 0.5) is 0 Å². The molecule has 3 N–H and O–H groups in total. The van der Waals surface area contributed by atoms with Crippen LogP contribution in [0.15, 0.2) is 10.5 Å². The number of allylic oxidation sites excluding steroid dienone is 2. The van der Waals surface area contributed by atoms with Crippen molar-refractivity contribution in [2.75, 3.05) is 5.75 Å². The summed E-state index contributed by atoms with van der Waals surface area (Å²) in [6.45, 7) is 1.55. The molecule has 1 aliphatic carbocycles. The van der Waals surface area contributed by atoms with Gasteiger partial charge in [0.2, 0.25) is 0 Å². The van der Waals surface area contributed by atoms with Gasteiger partial charge in [-0.3, -0.25) is 9.59 Å². The minimum absolute atomic E-state index is 0.0800. The molecule has 0 bridgehead atoms. The van der Waals surface area contributed by atoms with Crippen molar-refractivity contribution in [2.24, 2.45) is 5.73 Å². The van der Waals surface area contributed by atoms with E-state index < -0.39 is 12.0 Å². The van der Waals surface area contributed by atoms with E-state index in [1.807, 2.05) is 0 Å². The third-order valence-corrected chi connectivity index (χ3v) is 3.44. The molecule has 15 heavy (non-hydrogen) atoms. The predicted molar refractivity (Wildman–Crippen MR) is 59.6 cm³/mol. The molecule has 0 saturated heterocycles. The Hall–Kier alpha value is -0.810. The highest BCUT2D eigenvalue weighted by Gasteiger charge is 2.21. The van der Waals surface area contributed by atoms with Crippen LogP contribution in [0.2, 0.25) is 0 Å². The van der Waals surface area contributed by atoms with Gasteiger partial charge in [0.15, 0.2) is 5.78 Å². The monoisotopic (exact) mass is 229 g/mol. The van der Waals surface area contributed by atoms with Gasteiger partial charge in [0.05, 0.1) is 0 Å². The molecule has 0 aromatic rings. The van der Waals surface area contributed by atoms with Crippen molar-refractivity contribution < 1.29 is 14.7 Å². The van der Waals surface area contributed by atoms with Crippen molar-refractivity contribution in [1.82, 2.24) is 0 Å². The maximum Gasteiger partial charge on any atom is 0.320 e. The Kier molecular flexibility index (Phi) is 4.35. The molecule has 84 valence electrons. The molecule has 1 fully saturated rings. The summed E-state index contributed by atoms with van der Waals surface area (Å²) >= 11 is 1.43. The molecule has 1 atom stereocenters. The van der Waals surface area contributed by atoms with Gasteiger partial charge in [0, 0.05) is 10.7 Å². The minimum Gasteiger partial charge on any atom is -0.480 e. The van der Waals surface area contributed by atoms with Crippen molar-refractivity contribution in [3.05, 3.63) is 10.5 Å². The van der Waals surface area contributed by atoms with Gasteiger partial charge in [-0.15, -0.1) is 11.8 Å². The molecule has 1 rings (SSSR count). The molecule has 0 amide bonds. The zero-order valence-corrected chi connectivity index (χ0v) is 9.47. The third-order valence-electron chi connectivity index (χ3n) is 2.13. The lowest BCUT2D eigenvalue weighted by molar-refractivity contribution is -0.138. The fourth-order valence-electron chi connectivity index (χ4n) is 1.15. The van der Waals surface area contributed by atoms with E-state index in [1.165, 1.54) is 17.3 Å². The molecule has 1 unspecified atom stereocenters. The Labute approximate surface area is 92.9 Å². The molecule has 0 aromatic heterocycles. The number of carboxylic acid groups (broad SMARTS) is 1. The van der Waals surface area contributed by atoms with E-state index in [9.17, 15) is 9.59 Å². The maximum atomic E-state index is 11.2. The smallest absolute Gasteiger partial charge is 0.320 e. The van der Waals surface area contributed by atoms with Crippen LogP contribution in [-0.2, 0) is 9.59 Å². The van der Waals surface area contributed by atoms with Crippen LogP contribution in [0.1, 0.15) is 26.2 Å². The van der Waals surface area contributed by atoms with E-state index in [0.717, 1.165) is 17.7 Å². The first-order valence-electron chi connectivity index (χ1n) is 4.86. The van der Waals surface area contributed by atoms with Crippen LogP contribution in [-0.4, -0.2) is 28.7 Å². The van der Waals surface area contributed by atoms with Gasteiger partial charge < -0.3 is 10.8 Å². The second kappa shape index (κ2) is 5.32. The summed E-state index contributed by atoms with van der Waals surface area (Å²) in [5.41, 5.74) is 6.56. The number of carbonyl (C=O) groups excluding carboxylic acids is 1. The van der Waals surface area contributed by atoms with E-state index in [4.69, 9.17) is 10.8 Å². The first kappa shape index (κ1) is 12.3. The van der Waals surface area contributed by atoms with Crippen LogP contribution in [0.3, 0.4) is 0 Å². The lowest BCUT2D eigenvalue weighted by atomic mass is 10.2. The number of ketones is 1. The summed E-state index contributed by atoms with van der Waals surface area (Å²) in [5, 5.41) is 8.56. The van der Waals surface area contributed by atoms with E-state index in [2.05, 4.69) is 0 Å². The Morgan fingerprint density at radius 1 is 1.53 bits per heavy atom. The Bertz CT molecular complexity index is 306. The zero-order chi connectivity index (χ0) is 11.4. The van der Waals surface area contributed by atoms with E-state index in [0.29, 0.717) is 12.2 Å². The molecular formula is C10H15NO3S. The number of Topliss-reactive ketones (excluding diaryl/α,β-unsaturated/α-hetero) is 1. The van der Waals surface area contributed by atoms with Gasteiger partial charge in [-0.05, 0) is 26.2 Å². The largest absolute Gasteiger partial charge is 0.480 e. The number of aliphatic carboxylic acids is 1. The quantitative estimate of drug-likeness (QED) is 0.668. The van der Waals surface area contributed by atoms with Gasteiger partial charge in [-0.1, -0.05) is 5.57 Å². The SMILES string of the molecule is CC(=O)C(SCCC(N)C(=O)O)=C1CC1. The molecule has 0 heterocycles. The Morgan fingerprint density at radius 3 is 2.53 bits per heavy atom. The molecule has 0 aliphatic heterocycles. The molecular weight excluding hydrogens is 214 g/mol. The Morgan fingerprint density at radius 2 is 2.13 bits per heavy atom. The second-order valence-electron chi connectivity index (χ2n) is 3.57. The first-order valence-corrected chi connectivity index (χ1v) is 5.85. The van der Waals surface area contributed by atoms with Crippen molar-refractivity contribution in [3.8, 4) is 0 Å². The first-order chi connectivity index (χ1) is 7.02. The van der Waals surface area contributed by atoms with Gasteiger partial charge in [-0.2, -0.15) is 0 Å². The fraction of sp³-hybridized carbons (Fsp3) is 0.600. The van der Waals surface area contributed by atoms with Gasteiger partial charge in [-0.25, -0.2) is 0 Å². The number of hydrogen-bond acceptors (Lipinski definition) is 4. The van der Waals surface area contributed by atoms with E-state index in [1.54, 1.807) is 6.92 Å². The summed E-state index contributed by atoms with van der Waals surface area (Å²) in [7, 11) is 0. The van der Waals surface area contributed by atoms with Gasteiger partial charge >= 0.3 is 5.97 Å². The van der Waals surface area contributed by atoms with Crippen molar-refractivity contribution in [2.45, 2.75) is 32.2 Å². The number of carboxylic acids is 1. The summed E-state index contributed by atoms with van der Waals surface area (Å²) < 4.78 is 0. The molecule has 0 radical (unpaired) electrons. The van der Waals surface area contributed by atoms with Gasteiger partial charge in [0.25, 0.3) is 0 Å². The number of rotatable bonds is 6. The van der Waals surface area contributed by atoms with E-state index >= 15 is 0 Å². The average Bonchev–Trinajstić information content (AvgIpc) is 2.94. The van der Waals surface area contributed by atoms with E-state index in [-0.39, 0.29) is 5.78 Å². The van der Waals surface area contributed by atoms with Crippen LogP contribution in [0, 0.1) is 0 Å². The highest BCUT2D eigenvalue weighted by Crippen LogP contribution is 2.37. The van der Waals surface area contributed by atoms with Crippen LogP contribution < -0.4 is 5.73 Å². The lowest BCUT2D eigenvalue weighted by Crippen LogP contribution is -2.30. The standard InChI is InChI=1S/C10H15NO3S/c1-6(12)9(7-2-3-7)15-5-4-8(11)10(13)14/h8H,2-5,11H2,1H3,(H,13,14). The van der Waals surface area contributed by atoms with Crippen LogP contribution in [0.25, 0.3) is 0 Å². The topological polar surface area (TPSA) is 80.4 Å². The summed E-state index contributed by atoms with van der Waals surface area (Å²) in [6.07, 6.45) is 2.41. The summed E-state index contributed by atoms with van der Waals surface area (Å²) in [4.78, 5) is 22.5. The molecule has 0 aromatic carbocycles. The van der Waals surface area contributed by atoms with Crippen molar-refractivity contribution in [1.29, 1.82) is 0 Å². The number of hydrogen-bond donors (Lipinski definition) is 2. The summed E-state index contributed by atoms with van der Waals surface area (Å²) in [5.74, 6) is -0.318. The normalized spacial score (nSPS) is 16.0. The zero-order valence-electron chi connectivity index (χ0n) is 8.66. The number of thioether (sulfide) groups is 1. The molecule has 1 saturated carbocycles. The van der Waals surface area contributed by atoms with Gasteiger partial charge in [0.1, 0.15) is 6.04 Å². The average molecular weight is 229 g/mol. The third kappa shape index (κ3) is 4.05. The number of nitrogens with two attached hydrogens (primary N) is 1. The van der Waals surface area contributed by atoms with Crippen molar-refractivity contribution in [3.63, 3.8) is 0 Å². The Balaban J connectivity index is 2.33. The molecule has 0 spiro atoms. The second-order valence-corrected chi connectivity index (χ2v) is 4.68. The predicted octanol–water partition coefficient (Wildman–Crippen LogP) is 1.16. The summed E-state index contributed by atoms with van der Waals surface area (Å²) in [6, 6.07) is -0.824. The fourth-order valence-corrected chi connectivity index (χ4v) is 2.34. The molecule has 5 heteroatoms. The lowest BCUT2D eigenvalue weighted by Gasteiger charge is -2.06. The molecule has 4 nitrogen and oxygen atoms in total. The van der Waals surface area contributed by atoms with Crippen LogP contribution in [0.5, 0.6) is 0 Å². The number of carbonyl (C=O) groups is 2. The maximum absolute atomic E-state index is 11.2. The van der Waals surface area contributed by atoms with Crippen molar-refractivity contribution >= 4 is 23.5 Å². The highest BCUT2D eigenvalue weighted by molar-refractivity contribution is 8.04. The van der Waals surface area contributed by atoms with Crippen LogP contribution >= 0.6 is 11.8 Å². The minimum atomic E-state index is -0.987. The molecule has 1 aliphatic rings.